The van der Waals surface area contributed by atoms with Crippen LogP contribution in [-0.4, -0.2) is 5.78 Å². The van der Waals surface area contributed by atoms with Crippen molar-refractivity contribution >= 4 is 5.78 Å². The second-order valence-electron chi connectivity index (χ2n) is 5.15. The molecule has 0 N–H and O–H groups in total. The monoisotopic (exact) mass is 204 g/mol. The first-order valence-electron chi connectivity index (χ1n) is 5.95. The van der Waals surface area contributed by atoms with Gasteiger partial charge in [0.05, 0.1) is 0 Å². The van der Waals surface area contributed by atoms with E-state index in [9.17, 15) is 4.79 Å². The van der Waals surface area contributed by atoms with Gasteiger partial charge in [-0.25, -0.2) is 0 Å². The van der Waals surface area contributed by atoms with E-state index >= 15 is 0 Å². The first-order chi connectivity index (χ1) is 7.09. The van der Waals surface area contributed by atoms with E-state index < -0.39 is 0 Å². The number of ketones is 1. The molecule has 0 bridgehead atoms. The topological polar surface area (TPSA) is 17.1 Å². The number of fused-ring (bicyclic) bond motifs is 1. The third kappa shape index (κ3) is 1.92. The largest absolute Gasteiger partial charge is 0.300 e. The lowest BCUT2D eigenvalue weighted by Crippen LogP contribution is -2.34. The summed E-state index contributed by atoms with van der Waals surface area (Å²) < 4.78 is 0. The molecule has 1 heteroatoms. The second kappa shape index (κ2) is 3.96. The van der Waals surface area contributed by atoms with Crippen molar-refractivity contribution in [2.24, 2.45) is 17.8 Å². The van der Waals surface area contributed by atoms with E-state index in [4.69, 9.17) is 0 Å². The number of carbonyl (C=O) groups excluding carboxylic acids is 1. The molecule has 2 rings (SSSR count). The predicted molar refractivity (Wildman–Crippen MR) is 62.5 cm³/mol. The van der Waals surface area contributed by atoms with E-state index in [2.05, 4.69) is 19.6 Å². The third-order valence-electron chi connectivity index (χ3n) is 4.08. The van der Waals surface area contributed by atoms with Gasteiger partial charge in [0, 0.05) is 5.92 Å². The number of hydrogen-bond acceptors (Lipinski definition) is 1. The van der Waals surface area contributed by atoms with Crippen LogP contribution in [0.5, 0.6) is 0 Å². The maximum atomic E-state index is 11.6. The molecule has 0 amide bonds. The predicted octanol–water partition coefficient (Wildman–Crippen LogP) is 3.51. The van der Waals surface area contributed by atoms with Gasteiger partial charge in [-0.3, -0.25) is 4.79 Å². The Balaban J connectivity index is 2.28. The molecule has 0 aromatic heterocycles. The summed E-state index contributed by atoms with van der Waals surface area (Å²) in [4.78, 5) is 11.6. The number of Topliss-reactive ketones (excluding diaryl/α,β-unsaturated/α-hetero) is 1. The molecule has 0 heterocycles. The van der Waals surface area contributed by atoms with Crippen molar-refractivity contribution in [3.05, 3.63) is 23.8 Å². The van der Waals surface area contributed by atoms with Gasteiger partial charge in [0.15, 0.2) is 0 Å². The molecule has 0 aromatic carbocycles. The average Bonchev–Trinajstić information content (AvgIpc) is 2.17. The Labute approximate surface area is 92.3 Å². The molecular formula is C14H20O. The third-order valence-corrected chi connectivity index (χ3v) is 4.08. The zero-order valence-electron chi connectivity index (χ0n) is 9.75. The zero-order valence-corrected chi connectivity index (χ0v) is 9.75. The van der Waals surface area contributed by atoms with Crippen molar-refractivity contribution in [1.29, 1.82) is 0 Å². The number of carbonyl (C=O) groups is 1. The van der Waals surface area contributed by atoms with Crippen LogP contribution in [0, 0.1) is 17.8 Å². The fourth-order valence-corrected chi connectivity index (χ4v) is 3.17. The maximum Gasteiger partial charge on any atom is 0.133 e. The molecule has 15 heavy (non-hydrogen) atoms. The van der Waals surface area contributed by atoms with Gasteiger partial charge in [0.25, 0.3) is 0 Å². The highest BCUT2D eigenvalue weighted by molar-refractivity contribution is 5.79. The lowest BCUT2D eigenvalue weighted by molar-refractivity contribution is -0.123. The smallest absolute Gasteiger partial charge is 0.133 e. The van der Waals surface area contributed by atoms with Crippen molar-refractivity contribution in [3.63, 3.8) is 0 Å². The van der Waals surface area contributed by atoms with Crippen molar-refractivity contribution in [3.8, 4) is 0 Å². The summed E-state index contributed by atoms with van der Waals surface area (Å²) in [7, 11) is 0. The minimum absolute atomic E-state index is 0.260. The lowest BCUT2D eigenvalue weighted by atomic mass is 9.64. The Hall–Kier alpha value is -0.850. The molecule has 2 aliphatic rings. The summed E-state index contributed by atoms with van der Waals surface area (Å²) in [6.07, 6.45) is 6.79. The minimum Gasteiger partial charge on any atom is -0.300 e. The summed E-state index contributed by atoms with van der Waals surface area (Å²) in [5.41, 5.74) is 2.83. The quantitative estimate of drug-likeness (QED) is 0.597. The molecule has 2 aliphatic carbocycles. The van der Waals surface area contributed by atoms with E-state index in [-0.39, 0.29) is 5.92 Å². The van der Waals surface area contributed by atoms with Crippen LogP contribution in [-0.2, 0) is 4.79 Å². The van der Waals surface area contributed by atoms with Crippen LogP contribution < -0.4 is 0 Å². The van der Waals surface area contributed by atoms with Crippen molar-refractivity contribution in [2.45, 2.75) is 39.5 Å². The summed E-state index contributed by atoms with van der Waals surface area (Å²) in [5, 5.41) is 0. The van der Waals surface area contributed by atoms with Crippen LogP contribution in [0.1, 0.15) is 39.5 Å². The molecule has 0 radical (unpaired) electrons. The fraction of sp³-hybridized carbons (Fsp3) is 0.643. The van der Waals surface area contributed by atoms with Crippen LogP contribution in [0.4, 0.5) is 0 Å². The highest BCUT2D eigenvalue weighted by Gasteiger charge is 2.37. The molecule has 1 fully saturated rings. The maximum absolute atomic E-state index is 11.6. The highest BCUT2D eigenvalue weighted by Crippen LogP contribution is 2.44. The molecule has 0 aliphatic heterocycles. The van der Waals surface area contributed by atoms with E-state index in [0.29, 0.717) is 17.6 Å². The first kappa shape index (κ1) is 10.7. The summed E-state index contributed by atoms with van der Waals surface area (Å²) in [6, 6.07) is 0. The van der Waals surface area contributed by atoms with Crippen LogP contribution in [0.3, 0.4) is 0 Å². The Morgan fingerprint density at radius 1 is 1.40 bits per heavy atom. The van der Waals surface area contributed by atoms with E-state index in [1.165, 1.54) is 24.0 Å². The van der Waals surface area contributed by atoms with Crippen LogP contribution in [0.25, 0.3) is 0 Å². The van der Waals surface area contributed by atoms with Gasteiger partial charge in [-0.1, -0.05) is 23.8 Å². The molecule has 0 spiro atoms. The van der Waals surface area contributed by atoms with Crippen LogP contribution >= 0.6 is 0 Å². The molecule has 0 saturated heterocycles. The number of hydrogen-bond donors (Lipinski definition) is 0. The summed E-state index contributed by atoms with van der Waals surface area (Å²) in [6.45, 7) is 8.11. The number of allylic oxidation sites excluding steroid dienone is 3. The van der Waals surface area contributed by atoms with Gasteiger partial charge in [-0.15, -0.1) is 0 Å². The SMILES string of the molecule is C=C1CC[C@H](C(C)=O)[C@H]2C=C(C)CC[C@H]12. The molecular weight excluding hydrogens is 184 g/mol. The molecule has 82 valence electrons. The molecule has 3 atom stereocenters. The van der Waals surface area contributed by atoms with Gasteiger partial charge in [-0.05, 0) is 51.4 Å². The van der Waals surface area contributed by atoms with Crippen molar-refractivity contribution in [2.75, 3.05) is 0 Å². The van der Waals surface area contributed by atoms with Crippen molar-refractivity contribution in [1.82, 2.24) is 0 Å². The van der Waals surface area contributed by atoms with Gasteiger partial charge < -0.3 is 0 Å². The fourth-order valence-electron chi connectivity index (χ4n) is 3.17. The lowest BCUT2D eigenvalue weighted by Gasteiger charge is -2.40. The minimum atomic E-state index is 0.260. The molecule has 1 nitrogen and oxygen atoms in total. The van der Waals surface area contributed by atoms with Gasteiger partial charge in [0.2, 0.25) is 0 Å². The summed E-state index contributed by atoms with van der Waals surface area (Å²) >= 11 is 0. The normalized spacial score (nSPS) is 35.7. The second-order valence-corrected chi connectivity index (χ2v) is 5.15. The first-order valence-corrected chi connectivity index (χ1v) is 5.95. The van der Waals surface area contributed by atoms with Gasteiger partial charge in [-0.2, -0.15) is 0 Å². The molecule has 1 saturated carbocycles. The Bertz CT molecular complexity index is 324. The Kier molecular flexibility index (Phi) is 2.81. The van der Waals surface area contributed by atoms with Crippen LogP contribution in [0.15, 0.2) is 23.8 Å². The zero-order chi connectivity index (χ0) is 11.0. The molecule has 0 unspecified atom stereocenters. The Morgan fingerprint density at radius 3 is 2.80 bits per heavy atom. The van der Waals surface area contributed by atoms with Crippen LogP contribution in [0.2, 0.25) is 0 Å². The number of rotatable bonds is 1. The van der Waals surface area contributed by atoms with E-state index in [1.54, 1.807) is 6.92 Å². The summed E-state index contributed by atoms with van der Waals surface area (Å²) in [5.74, 6) is 1.66. The van der Waals surface area contributed by atoms with E-state index in [0.717, 1.165) is 12.8 Å². The Morgan fingerprint density at radius 2 is 2.13 bits per heavy atom. The highest BCUT2D eigenvalue weighted by atomic mass is 16.1. The van der Waals surface area contributed by atoms with E-state index in [1.807, 2.05) is 0 Å². The average molecular weight is 204 g/mol. The standard InChI is InChI=1S/C14H20O/c1-9-4-6-12-10(2)5-7-13(11(3)15)14(12)8-9/h8,12-14H,2,4-7H2,1,3H3/t12-,13-,14+/m1/s1. The van der Waals surface area contributed by atoms with Crippen molar-refractivity contribution < 1.29 is 4.79 Å². The molecule has 0 aromatic rings. The van der Waals surface area contributed by atoms with Gasteiger partial charge >= 0.3 is 0 Å². The van der Waals surface area contributed by atoms with Gasteiger partial charge in [0.1, 0.15) is 5.78 Å².